The summed E-state index contributed by atoms with van der Waals surface area (Å²) < 4.78 is 27.6. The van der Waals surface area contributed by atoms with Gasteiger partial charge in [0.2, 0.25) is 10.0 Å². The van der Waals surface area contributed by atoms with Gasteiger partial charge in [-0.3, -0.25) is 4.79 Å². The minimum Gasteiger partial charge on any atom is -0.338 e. The van der Waals surface area contributed by atoms with Crippen LogP contribution in [-0.2, 0) is 10.0 Å². The number of fused-ring (bicyclic) bond motifs is 1. The third kappa shape index (κ3) is 3.86. The summed E-state index contributed by atoms with van der Waals surface area (Å²) in [5.74, 6) is 1.38. The molecular formula is C22H32N2O3S. The van der Waals surface area contributed by atoms with Crippen molar-refractivity contribution in [2.75, 3.05) is 26.2 Å². The monoisotopic (exact) mass is 404 g/mol. The number of sulfonamides is 1. The highest BCUT2D eigenvalue weighted by molar-refractivity contribution is 7.89. The molecule has 0 N–H and O–H groups in total. The molecule has 2 heterocycles. The van der Waals surface area contributed by atoms with Gasteiger partial charge in [0.15, 0.2) is 0 Å². The lowest BCUT2D eigenvalue weighted by atomic mass is 9.75. The number of aryl methyl sites for hydroxylation is 1. The lowest BCUT2D eigenvalue weighted by Gasteiger charge is -2.41. The highest BCUT2D eigenvalue weighted by Crippen LogP contribution is 2.36. The van der Waals surface area contributed by atoms with Crippen LogP contribution in [0.15, 0.2) is 23.1 Å². The second kappa shape index (κ2) is 8.15. The van der Waals surface area contributed by atoms with Crippen molar-refractivity contribution in [3.63, 3.8) is 0 Å². The first-order valence-corrected chi connectivity index (χ1v) is 12.3. The Morgan fingerprint density at radius 1 is 0.929 bits per heavy atom. The van der Waals surface area contributed by atoms with Gasteiger partial charge in [-0.05, 0) is 62.1 Å². The fraction of sp³-hybridized carbons (Fsp3) is 0.682. The predicted octanol–water partition coefficient (Wildman–Crippen LogP) is 3.82. The third-order valence-corrected chi connectivity index (χ3v) is 8.87. The molecule has 0 aromatic heterocycles. The number of hydrogen-bond donors (Lipinski definition) is 0. The van der Waals surface area contributed by atoms with Crippen molar-refractivity contribution in [2.24, 2.45) is 11.8 Å². The Balaban J connectivity index is 1.56. The Bertz CT molecular complexity index is 830. The van der Waals surface area contributed by atoms with Crippen molar-refractivity contribution >= 4 is 15.9 Å². The zero-order valence-corrected chi connectivity index (χ0v) is 17.7. The summed E-state index contributed by atoms with van der Waals surface area (Å²) >= 11 is 0. The quantitative estimate of drug-likeness (QED) is 0.769. The summed E-state index contributed by atoms with van der Waals surface area (Å²) in [4.78, 5) is 15.5. The van der Waals surface area contributed by atoms with E-state index in [9.17, 15) is 13.2 Å². The molecule has 0 bridgehead atoms. The molecule has 0 radical (unpaired) electrons. The molecule has 0 spiro atoms. The first kappa shape index (κ1) is 19.9. The molecule has 154 valence electrons. The molecule has 2 atom stereocenters. The normalized spacial score (nSPS) is 26.7. The van der Waals surface area contributed by atoms with Crippen molar-refractivity contribution in [1.29, 1.82) is 0 Å². The smallest absolute Gasteiger partial charge is 0.254 e. The zero-order chi connectivity index (χ0) is 19.7. The van der Waals surface area contributed by atoms with Crippen molar-refractivity contribution in [2.45, 2.75) is 63.2 Å². The number of hydrogen-bond acceptors (Lipinski definition) is 3. The van der Waals surface area contributed by atoms with Crippen LogP contribution in [0.4, 0.5) is 0 Å². The number of nitrogens with zero attached hydrogens (tertiary/aromatic N) is 2. The third-order valence-electron chi connectivity index (χ3n) is 6.97. The van der Waals surface area contributed by atoms with Crippen LogP contribution in [-0.4, -0.2) is 49.7 Å². The van der Waals surface area contributed by atoms with Crippen LogP contribution in [0.3, 0.4) is 0 Å². The topological polar surface area (TPSA) is 57.7 Å². The largest absolute Gasteiger partial charge is 0.338 e. The van der Waals surface area contributed by atoms with Crippen LogP contribution < -0.4 is 0 Å². The average Bonchev–Trinajstić information content (AvgIpc) is 2.73. The molecule has 2 saturated heterocycles. The first-order chi connectivity index (χ1) is 13.5. The van der Waals surface area contributed by atoms with Gasteiger partial charge in [-0.15, -0.1) is 0 Å². The van der Waals surface area contributed by atoms with Gasteiger partial charge >= 0.3 is 0 Å². The van der Waals surface area contributed by atoms with Crippen molar-refractivity contribution in [3.05, 3.63) is 29.3 Å². The Hall–Kier alpha value is -1.40. The Morgan fingerprint density at radius 3 is 2.39 bits per heavy atom. The SMILES string of the molecule is Cc1ccc(S(=O)(=O)N2CCCCC2)cc1C(=O)N1CC[C@@H]2CCCC[C@@H]2C1. The number of piperidine rings is 2. The highest BCUT2D eigenvalue weighted by Gasteiger charge is 2.34. The number of likely N-dealkylation sites (tertiary alicyclic amines) is 1. The van der Waals surface area contributed by atoms with E-state index >= 15 is 0 Å². The first-order valence-electron chi connectivity index (χ1n) is 10.9. The molecule has 5 nitrogen and oxygen atoms in total. The van der Waals surface area contributed by atoms with Gasteiger partial charge in [-0.25, -0.2) is 8.42 Å². The molecule has 0 unspecified atom stereocenters. The van der Waals surface area contributed by atoms with Crippen LogP contribution in [0.5, 0.6) is 0 Å². The summed E-state index contributed by atoms with van der Waals surface area (Å²) in [5.41, 5.74) is 1.40. The van der Waals surface area contributed by atoms with Gasteiger partial charge in [0.1, 0.15) is 0 Å². The van der Waals surface area contributed by atoms with Gasteiger partial charge in [0.05, 0.1) is 4.90 Å². The minimum atomic E-state index is -3.52. The number of carbonyl (C=O) groups is 1. The fourth-order valence-electron chi connectivity index (χ4n) is 5.20. The highest BCUT2D eigenvalue weighted by atomic mass is 32.2. The molecule has 2 aliphatic heterocycles. The lowest BCUT2D eigenvalue weighted by Crippen LogP contribution is -2.45. The maximum atomic E-state index is 13.3. The van der Waals surface area contributed by atoms with Crippen LogP contribution in [0, 0.1) is 18.8 Å². The van der Waals surface area contributed by atoms with E-state index in [0.29, 0.717) is 24.6 Å². The summed E-state index contributed by atoms with van der Waals surface area (Å²) in [6.45, 7) is 4.68. The van der Waals surface area contributed by atoms with Gasteiger partial charge in [0.25, 0.3) is 5.91 Å². The summed E-state index contributed by atoms with van der Waals surface area (Å²) in [5, 5.41) is 0. The van der Waals surface area contributed by atoms with Crippen LogP contribution in [0.1, 0.15) is 67.3 Å². The Labute approximate surface area is 169 Å². The number of benzene rings is 1. The summed E-state index contributed by atoms with van der Waals surface area (Å²) in [7, 11) is -3.52. The van der Waals surface area contributed by atoms with Gasteiger partial charge < -0.3 is 4.90 Å². The molecule has 3 fully saturated rings. The van der Waals surface area contributed by atoms with E-state index in [0.717, 1.165) is 50.3 Å². The van der Waals surface area contributed by atoms with E-state index in [1.54, 1.807) is 22.5 Å². The van der Waals surface area contributed by atoms with Crippen molar-refractivity contribution in [1.82, 2.24) is 9.21 Å². The molecule has 1 aliphatic carbocycles. The molecule has 3 aliphatic rings. The molecule has 1 aromatic carbocycles. The van der Waals surface area contributed by atoms with E-state index in [4.69, 9.17) is 0 Å². The maximum absolute atomic E-state index is 13.3. The van der Waals surface area contributed by atoms with E-state index in [-0.39, 0.29) is 10.8 Å². The molecule has 6 heteroatoms. The van der Waals surface area contributed by atoms with Gasteiger partial charge in [-0.2, -0.15) is 4.31 Å². The van der Waals surface area contributed by atoms with Crippen molar-refractivity contribution < 1.29 is 13.2 Å². The molecule has 4 rings (SSSR count). The molecule has 28 heavy (non-hydrogen) atoms. The second-order valence-corrected chi connectivity index (χ2v) is 10.7. The number of rotatable bonds is 3. The summed E-state index contributed by atoms with van der Waals surface area (Å²) in [6.07, 6.45) is 9.10. The van der Waals surface area contributed by atoms with E-state index in [2.05, 4.69) is 0 Å². The van der Waals surface area contributed by atoms with Crippen LogP contribution >= 0.6 is 0 Å². The fourth-order valence-corrected chi connectivity index (χ4v) is 6.75. The van der Waals surface area contributed by atoms with Gasteiger partial charge in [0, 0.05) is 31.7 Å². The minimum absolute atomic E-state index is 0.00258. The average molecular weight is 405 g/mol. The predicted molar refractivity (Wildman–Crippen MR) is 110 cm³/mol. The standard InChI is InChI=1S/C22H32N2O3S/c1-17-9-10-20(28(26,27)24-12-5-2-6-13-24)15-21(17)22(25)23-14-11-18-7-3-4-8-19(18)16-23/h9-10,15,18-19H,2-8,11-14,16H2,1H3/t18-,19+/m0/s1. The molecular weight excluding hydrogens is 372 g/mol. The molecule has 1 amide bonds. The van der Waals surface area contributed by atoms with E-state index < -0.39 is 10.0 Å². The van der Waals surface area contributed by atoms with E-state index in [1.807, 2.05) is 11.8 Å². The summed E-state index contributed by atoms with van der Waals surface area (Å²) in [6, 6.07) is 5.06. The maximum Gasteiger partial charge on any atom is 0.254 e. The molecule has 1 saturated carbocycles. The van der Waals surface area contributed by atoms with Gasteiger partial charge in [-0.1, -0.05) is 31.7 Å². The zero-order valence-electron chi connectivity index (χ0n) is 16.9. The van der Waals surface area contributed by atoms with E-state index in [1.165, 1.54) is 25.7 Å². The Kier molecular flexibility index (Phi) is 5.79. The second-order valence-electron chi connectivity index (χ2n) is 8.79. The number of amides is 1. The lowest BCUT2D eigenvalue weighted by molar-refractivity contribution is 0.0520. The number of carbonyl (C=O) groups excluding carboxylic acids is 1. The van der Waals surface area contributed by atoms with Crippen LogP contribution in [0.2, 0.25) is 0 Å². The Morgan fingerprint density at radius 2 is 1.64 bits per heavy atom. The molecule has 1 aromatic rings. The van der Waals surface area contributed by atoms with Crippen molar-refractivity contribution in [3.8, 4) is 0 Å². The van der Waals surface area contributed by atoms with Crippen LogP contribution in [0.25, 0.3) is 0 Å².